The molecule has 4 heteroatoms. The third-order valence-corrected chi connectivity index (χ3v) is 3.09. The van der Waals surface area contributed by atoms with Crippen LogP contribution in [0.5, 0.6) is 11.5 Å². The molecule has 0 saturated heterocycles. The van der Waals surface area contributed by atoms with Crippen LogP contribution in [0.3, 0.4) is 0 Å². The van der Waals surface area contributed by atoms with Gasteiger partial charge in [-0.25, -0.2) is 4.39 Å². The van der Waals surface area contributed by atoms with Gasteiger partial charge in [0, 0.05) is 18.3 Å². The lowest BCUT2D eigenvalue weighted by atomic mass is 10.1. The van der Waals surface area contributed by atoms with Gasteiger partial charge in [-0.2, -0.15) is 0 Å². The lowest BCUT2D eigenvalue weighted by Crippen LogP contribution is -2.19. The largest absolute Gasteiger partial charge is 0.452 e. The molecular formula is C17H21FN2O. The Hall–Kier alpha value is -1.94. The standard InChI is InChI=1S/C17H21FN2O/c1-12(2)10-19-11-14-6-4-7-15(18)17(14)21-16-8-5-9-20-13(16)3/h4-9,12,19H,10-11H2,1-3H3. The van der Waals surface area contributed by atoms with Crippen LogP contribution < -0.4 is 10.1 Å². The Kier molecular flexibility index (Phi) is 5.28. The van der Waals surface area contributed by atoms with Gasteiger partial charge in [0.25, 0.3) is 0 Å². The molecule has 0 bridgehead atoms. The third-order valence-electron chi connectivity index (χ3n) is 3.09. The fourth-order valence-corrected chi connectivity index (χ4v) is 1.99. The van der Waals surface area contributed by atoms with Gasteiger partial charge in [-0.3, -0.25) is 4.98 Å². The second-order valence-electron chi connectivity index (χ2n) is 5.44. The molecule has 0 spiro atoms. The molecule has 3 nitrogen and oxygen atoms in total. The predicted molar refractivity (Wildman–Crippen MR) is 82.0 cm³/mol. The maximum absolute atomic E-state index is 14.1. The van der Waals surface area contributed by atoms with Crippen LogP contribution in [-0.2, 0) is 6.54 Å². The molecule has 1 N–H and O–H groups in total. The molecule has 0 unspecified atom stereocenters. The highest BCUT2D eigenvalue weighted by molar-refractivity contribution is 5.40. The number of nitrogens with zero attached hydrogens (tertiary/aromatic N) is 1. The normalized spacial score (nSPS) is 10.9. The van der Waals surface area contributed by atoms with E-state index >= 15 is 0 Å². The van der Waals surface area contributed by atoms with E-state index in [9.17, 15) is 4.39 Å². The van der Waals surface area contributed by atoms with Crippen molar-refractivity contribution in [2.75, 3.05) is 6.54 Å². The Bertz CT molecular complexity index is 599. The van der Waals surface area contributed by atoms with Crippen LogP contribution in [0.2, 0.25) is 0 Å². The van der Waals surface area contributed by atoms with Gasteiger partial charge in [0.1, 0.15) is 5.75 Å². The summed E-state index contributed by atoms with van der Waals surface area (Å²) >= 11 is 0. The number of benzene rings is 1. The molecule has 1 aromatic carbocycles. The maximum atomic E-state index is 14.1. The molecule has 0 fully saturated rings. The fourth-order valence-electron chi connectivity index (χ4n) is 1.99. The van der Waals surface area contributed by atoms with Gasteiger partial charge in [0.05, 0.1) is 5.69 Å². The molecule has 0 aliphatic heterocycles. The molecular weight excluding hydrogens is 267 g/mol. The van der Waals surface area contributed by atoms with Crippen molar-refractivity contribution < 1.29 is 9.13 Å². The van der Waals surface area contributed by atoms with Gasteiger partial charge < -0.3 is 10.1 Å². The molecule has 21 heavy (non-hydrogen) atoms. The second kappa shape index (κ2) is 7.18. The van der Waals surface area contributed by atoms with Gasteiger partial charge in [-0.05, 0) is 37.6 Å². The monoisotopic (exact) mass is 288 g/mol. The number of aryl methyl sites for hydroxylation is 1. The van der Waals surface area contributed by atoms with Crippen molar-refractivity contribution in [1.29, 1.82) is 0 Å². The van der Waals surface area contributed by atoms with Crippen molar-refractivity contribution in [3.63, 3.8) is 0 Å². The van der Waals surface area contributed by atoms with E-state index in [4.69, 9.17) is 4.74 Å². The zero-order chi connectivity index (χ0) is 15.2. The number of ether oxygens (including phenoxy) is 1. The minimum Gasteiger partial charge on any atom is -0.452 e. The number of para-hydroxylation sites is 1. The van der Waals surface area contributed by atoms with Crippen LogP contribution in [0, 0.1) is 18.7 Å². The number of hydrogen-bond acceptors (Lipinski definition) is 3. The summed E-state index contributed by atoms with van der Waals surface area (Å²) in [6, 6.07) is 8.55. The highest BCUT2D eigenvalue weighted by atomic mass is 19.1. The van der Waals surface area contributed by atoms with E-state index in [0.29, 0.717) is 18.2 Å². The molecule has 2 aromatic rings. The van der Waals surface area contributed by atoms with Crippen LogP contribution in [0.1, 0.15) is 25.1 Å². The first-order valence-corrected chi connectivity index (χ1v) is 7.15. The van der Waals surface area contributed by atoms with Gasteiger partial charge in [-0.15, -0.1) is 0 Å². The molecule has 0 amide bonds. The molecule has 2 rings (SSSR count). The summed E-state index contributed by atoms with van der Waals surface area (Å²) in [5, 5.41) is 3.31. The molecule has 112 valence electrons. The first-order chi connectivity index (χ1) is 10.1. The summed E-state index contributed by atoms with van der Waals surface area (Å²) in [4.78, 5) is 4.16. The predicted octanol–water partition coefficient (Wildman–Crippen LogP) is 4.07. The van der Waals surface area contributed by atoms with Crippen molar-refractivity contribution in [1.82, 2.24) is 10.3 Å². The van der Waals surface area contributed by atoms with Crippen LogP contribution in [0.25, 0.3) is 0 Å². The minimum atomic E-state index is -0.359. The Morgan fingerprint density at radius 2 is 2.05 bits per heavy atom. The highest BCUT2D eigenvalue weighted by Crippen LogP contribution is 2.29. The smallest absolute Gasteiger partial charge is 0.167 e. The number of rotatable bonds is 6. The van der Waals surface area contributed by atoms with Gasteiger partial charge in [0.2, 0.25) is 0 Å². The fraction of sp³-hybridized carbons (Fsp3) is 0.353. The molecule has 0 atom stereocenters. The first kappa shape index (κ1) is 15.4. The van der Waals surface area contributed by atoms with Crippen LogP contribution in [0.4, 0.5) is 4.39 Å². The zero-order valence-corrected chi connectivity index (χ0v) is 12.7. The zero-order valence-electron chi connectivity index (χ0n) is 12.7. The summed E-state index contributed by atoms with van der Waals surface area (Å²) in [5.74, 6) is 1.03. The van der Waals surface area contributed by atoms with E-state index < -0.39 is 0 Å². The third kappa shape index (κ3) is 4.26. The molecule has 0 aliphatic rings. The molecule has 0 aliphatic carbocycles. The van der Waals surface area contributed by atoms with E-state index in [1.54, 1.807) is 24.4 Å². The van der Waals surface area contributed by atoms with Crippen molar-refractivity contribution >= 4 is 0 Å². The van der Waals surface area contributed by atoms with Crippen molar-refractivity contribution in [3.05, 3.63) is 53.6 Å². The van der Waals surface area contributed by atoms with Crippen LogP contribution in [0.15, 0.2) is 36.5 Å². The lowest BCUT2D eigenvalue weighted by Gasteiger charge is -2.14. The first-order valence-electron chi connectivity index (χ1n) is 7.15. The number of pyridine rings is 1. The van der Waals surface area contributed by atoms with Gasteiger partial charge in [0.15, 0.2) is 11.6 Å². The topological polar surface area (TPSA) is 34.1 Å². The molecule has 1 heterocycles. The van der Waals surface area contributed by atoms with E-state index in [-0.39, 0.29) is 11.6 Å². The summed E-state index contributed by atoms with van der Waals surface area (Å²) in [6.07, 6.45) is 1.69. The molecule has 0 radical (unpaired) electrons. The van der Waals surface area contributed by atoms with E-state index in [1.807, 2.05) is 13.0 Å². The quantitative estimate of drug-likeness (QED) is 0.870. The Morgan fingerprint density at radius 3 is 2.76 bits per heavy atom. The number of nitrogens with one attached hydrogen (secondary N) is 1. The molecule has 0 saturated carbocycles. The summed E-state index contributed by atoms with van der Waals surface area (Å²) in [5.41, 5.74) is 1.54. The Balaban J connectivity index is 2.20. The van der Waals surface area contributed by atoms with E-state index in [2.05, 4.69) is 24.1 Å². The van der Waals surface area contributed by atoms with Crippen LogP contribution >= 0.6 is 0 Å². The maximum Gasteiger partial charge on any atom is 0.167 e. The van der Waals surface area contributed by atoms with Crippen molar-refractivity contribution in [2.24, 2.45) is 5.92 Å². The Morgan fingerprint density at radius 1 is 1.24 bits per heavy atom. The van der Waals surface area contributed by atoms with Crippen LogP contribution in [-0.4, -0.2) is 11.5 Å². The van der Waals surface area contributed by atoms with E-state index in [1.165, 1.54) is 6.07 Å². The summed E-state index contributed by atoms with van der Waals surface area (Å²) in [7, 11) is 0. The lowest BCUT2D eigenvalue weighted by molar-refractivity contribution is 0.427. The molecule has 1 aromatic heterocycles. The minimum absolute atomic E-state index is 0.268. The number of hydrogen-bond donors (Lipinski definition) is 1. The number of halogens is 1. The van der Waals surface area contributed by atoms with E-state index in [0.717, 1.165) is 17.8 Å². The summed E-state index contributed by atoms with van der Waals surface area (Å²) < 4.78 is 19.8. The van der Waals surface area contributed by atoms with Gasteiger partial charge >= 0.3 is 0 Å². The average Bonchev–Trinajstić information content (AvgIpc) is 2.44. The second-order valence-corrected chi connectivity index (χ2v) is 5.44. The SMILES string of the molecule is Cc1ncccc1Oc1c(F)cccc1CNCC(C)C. The van der Waals surface area contributed by atoms with Crippen molar-refractivity contribution in [3.8, 4) is 11.5 Å². The van der Waals surface area contributed by atoms with Gasteiger partial charge in [-0.1, -0.05) is 26.0 Å². The summed E-state index contributed by atoms with van der Waals surface area (Å²) in [6.45, 7) is 7.56. The number of aromatic nitrogens is 1. The highest BCUT2D eigenvalue weighted by Gasteiger charge is 2.12. The Labute approximate surface area is 125 Å². The van der Waals surface area contributed by atoms with Crippen molar-refractivity contribution in [2.45, 2.75) is 27.3 Å². The average molecular weight is 288 g/mol.